The van der Waals surface area contributed by atoms with Crippen LogP contribution in [0.5, 0.6) is 0 Å². The molecule has 122 valence electrons. The molecule has 1 amide bonds. The third-order valence-corrected chi connectivity index (χ3v) is 5.39. The summed E-state index contributed by atoms with van der Waals surface area (Å²) in [6.07, 6.45) is 0. The van der Waals surface area contributed by atoms with Crippen LogP contribution >= 0.6 is 0 Å². The number of rotatable bonds is 5. The van der Waals surface area contributed by atoms with Crippen LogP contribution in [0.4, 0.5) is 0 Å². The lowest BCUT2D eigenvalue weighted by atomic mass is 10.1. The molecule has 0 fully saturated rings. The molecule has 2 aromatic carbocycles. The lowest BCUT2D eigenvalue weighted by molar-refractivity contribution is 0.0950. The summed E-state index contributed by atoms with van der Waals surface area (Å²) in [5, 5.41) is 2.82. The van der Waals surface area contributed by atoms with E-state index in [9.17, 15) is 13.2 Å². The van der Waals surface area contributed by atoms with Crippen molar-refractivity contribution in [3.63, 3.8) is 0 Å². The van der Waals surface area contributed by atoms with Crippen LogP contribution in [-0.2, 0) is 16.6 Å². The van der Waals surface area contributed by atoms with Gasteiger partial charge in [-0.15, -0.1) is 0 Å². The van der Waals surface area contributed by atoms with Crippen LogP contribution in [0.15, 0.2) is 53.4 Å². The Hall–Kier alpha value is -2.18. The van der Waals surface area contributed by atoms with Gasteiger partial charge in [0.15, 0.2) is 0 Å². The monoisotopic (exact) mass is 332 g/mol. The van der Waals surface area contributed by atoms with Crippen LogP contribution in [0.2, 0.25) is 0 Å². The largest absolute Gasteiger partial charge is 0.348 e. The highest BCUT2D eigenvalue weighted by Crippen LogP contribution is 2.15. The molecule has 0 saturated carbocycles. The van der Waals surface area contributed by atoms with E-state index in [1.54, 1.807) is 12.1 Å². The molecule has 0 bridgehead atoms. The van der Waals surface area contributed by atoms with Gasteiger partial charge in [0.1, 0.15) is 0 Å². The molecule has 0 radical (unpaired) electrons. The SMILES string of the molecule is Cc1ccccc1CNC(=O)c1cccc(S(=O)(=O)N(C)C)c1. The molecule has 0 aliphatic rings. The summed E-state index contributed by atoms with van der Waals surface area (Å²) in [7, 11) is -0.636. The molecule has 0 aromatic heterocycles. The van der Waals surface area contributed by atoms with Gasteiger partial charge in [0.05, 0.1) is 4.90 Å². The maximum Gasteiger partial charge on any atom is 0.251 e. The molecule has 0 saturated heterocycles. The predicted molar refractivity (Wildman–Crippen MR) is 89.7 cm³/mol. The van der Waals surface area contributed by atoms with Crippen molar-refractivity contribution in [3.8, 4) is 0 Å². The third kappa shape index (κ3) is 3.97. The molecular formula is C17H20N2O3S. The van der Waals surface area contributed by atoms with Crippen molar-refractivity contribution >= 4 is 15.9 Å². The van der Waals surface area contributed by atoms with Gasteiger partial charge in [0.25, 0.3) is 5.91 Å². The number of hydrogen-bond donors (Lipinski definition) is 1. The van der Waals surface area contributed by atoms with Crippen LogP contribution in [0.3, 0.4) is 0 Å². The van der Waals surface area contributed by atoms with E-state index >= 15 is 0 Å². The van der Waals surface area contributed by atoms with Crippen LogP contribution in [-0.4, -0.2) is 32.7 Å². The lowest BCUT2D eigenvalue weighted by Crippen LogP contribution is -2.25. The summed E-state index contributed by atoms with van der Waals surface area (Å²) in [5.74, 6) is -0.302. The van der Waals surface area contributed by atoms with Crippen LogP contribution in [0.1, 0.15) is 21.5 Å². The van der Waals surface area contributed by atoms with Gasteiger partial charge in [-0.2, -0.15) is 0 Å². The van der Waals surface area contributed by atoms with E-state index in [1.807, 2.05) is 31.2 Å². The summed E-state index contributed by atoms with van der Waals surface area (Å²) < 4.78 is 25.4. The van der Waals surface area contributed by atoms with Crippen LogP contribution in [0, 0.1) is 6.92 Å². The Morgan fingerprint density at radius 2 is 1.78 bits per heavy atom. The summed E-state index contributed by atoms with van der Waals surface area (Å²) in [5.41, 5.74) is 2.44. The van der Waals surface area contributed by atoms with Crippen molar-refractivity contribution in [1.82, 2.24) is 9.62 Å². The number of carbonyl (C=O) groups is 1. The van der Waals surface area contributed by atoms with Crippen molar-refractivity contribution in [2.24, 2.45) is 0 Å². The fourth-order valence-corrected chi connectivity index (χ4v) is 3.04. The molecular weight excluding hydrogens is 312 g/mol. The van der Waals surface area contributed by atoms with Crippen LogP contribution < -0.4 is 5.32 Å². The van der Waals surface area contributed by atoms with Crippen molar-refractivity contribution < 1.29 is 13.2 Å². The average Bonchev–Trinajstić information content (AvgIpc) is 2.53. The summed E-state index contributed by atoms with van der Waals surface area (Å²) in [4.78, 5) is 12.4. The standard InChI is InChI=1S/C17H20N2O3S/c1-13-7-4-5-8-15(13)12-18-17(20)14-9-6-10-16(11-14)23(21,22)19(2)3/h4-11H,12H2,1-3H3,(H,18,20). The van der Waals surface area contributed by atoms with Gasteiger partial charge < -0.3 is 5.32 Å². The number of hydrogen-bond acceptors (Lipinski definition) is 3. The molecule has 0 unspecified atom stereocenters. The van der Waals surface area contributed by atoms with Crippen molar-refractivity contribution in [1.29, 1.82) is 0 Å². The van der Waals surface area contributed by atoms with Gasteiger partial charge in [0, 0.05) is 26.2 Å². The van der Waals surface area contributed by atoms with E-state index < -0.39 is 10.0 Å². The zero-order valence-corrected chi connectivity index (χ0v) is 14.2. The van der Waals surface area contributed by atoms with Gasteiger partial charge in [-0.1, -0.05) is 30.3 Å². The quantitative estimate of drug-likeness (QED) is 0.912. The molecule has 0 aliphatic heterocycles. The molecule has 2 rings (SSSR count). The lowest BCUT2D eigenvalue weighted by Gasteiger charge is -2.12. The molecule has 23 heavy (non-hydrogen) atoms. The minimum absolute atomic E-state index is 0.103. The van der Waals surface area contributed by atoms with Gasteiger partial charge in [-0.25, -0.2) is 12.7 Å². The normalized spacial score (nSPS) is 11.5. The Bertz CT molecular complexity index is 814. The summed E-state index contributed by atoms with van der Waals surface area (Å²) >= 11 is 0. The number of sulfonamides is 1. The Balaban J connectivity index is 2.16. The highest BCUT2D eigenvalue weighted by atomic mass is 32.2. The molecule has 1 N–H and O–H groups in total. The molecule has 5 nitrogen and oxygen atoms in total. The van der Waals surface area contributed by atoms with E-state index in [-0.39, 0.29) is 10.8 Å². The number of nitrogens with zero attached hydrogens (tertiary/aromatic N) is 1. The number of aryl methyl sites for hydroxylation is 1. The maximum atomic E-state index is 12.3. The van der Waals surface area contributed by atoms with Gasteiger partial charge in [-0.3, -0.25) is 4.79 Å². The van der Waals surface area contributed by atoms with Crippen molar-refractivity contribution in [3.05, 3.63) is 65.2 Å². The molecule has 2 aromatic rings. The second-order valence-electron chi connectivity index (χ2n) is 5.42. The molecule has 6 heteroatoms. The Morgan fingerprint density at radius 3 is 2.43 bits per heavy atom. The second-order valence-corrected chi connectivity index (χ2v) is 7.58. The minimum Gasteiger partial charge on any atom is -0.348 e. The smallest absolute Gasteiger partial charge is 0.251 e. The first kappa shape index (κ1) is 17.2. The second kappa shape index (κ2) is 6.93. The molecule has 0 spiro atoms. The first-order chi connectivity index (χ1) is 10.8. The van der Waals surface area contributed by atoms with E-state index in [1.165, 1.54) is 26.2 Å². The highest BCUT2D eigenvalue weighted by molar-refractivity contribution is 7.89. The Labute approximate surface area is 137 Å². The first-order valence-electron chi connectivity index (χ1n) is 7.17. The summed E-state index contributed by atoms with van der Waals surface area (Å²) in [6.45, 7) is 2.38. The highest BCUT2D eigenvalue weighted by Gasteiger charge is 2.18. The zero-order chi connectivity index (χ0) is 17.0. The topological polar surface area (TPSA) is 66.5 Å². The third-order valence-electron chi connectivity index (χ3n) is 3.58. The van der Waals surface area contributed by atoms with Gasteiger partial charge >= 0.3 is 0 Å². The van der Waals surface area contributed by atoms with E-state index in [2.05, 4.69) is 5.32 Å². The van der Waals surface area contributed by atoms with Gasteiger partial charge in [0.2, 0.25) is 10.0 Å². The van der Waals surface area contributed by atoms with Crippen molar-refractivity contribution in [2.45, 2.75) is 18.4 Å². The van der Waals surface area contributed by atoms with E-state index in [4.69, 9.17) is 0 Å². The van der Waals surface area contributed by atoms with Crippen LogP contribution in [0.25, 0.3) is 0 Å². The van der Waals surface area contributed by atoms with E-state index in [0.29, 0.717) is 12.1 Å². The molecule has 0 heterocycles. The molecule has 0 aliphatic carbocycles. The fraction of sp³-hybridized carbons (Fsp3) is 0.235. The fourth-order valence-electron chi connectivity index (χ4n) is 2.09. The molecule has 0 atom stereocenters. The Kier molecular flexibility index (Phi) is 5.18. The Morgan fingerprint density at radius 1 is 1.09 bits per heavy atom. The predicted octanol–water partition coefficient (Wildman–Crippen LogP) is 2.18. The summed E-state index contributed by atoms with van der Waals surface area (Å²) in [6, 6.07) is 13.8. The number of nitrogens with one attached hydrogen (secondary N) is 1. The zero-order valence-electron chi connectivity index (χ0n) is 13.4. The van der Waals surface area contributed by atoms with E-state index in [0.717, 1.165) is 15.4 Å². The number of carbonyl (C=O) groups excluding carboxylic acids is 1. The first-order valence-corrected chi connectivity index (χ1v) is 8.61. The number of benzene rings is 2. The average molecular weight is 332 g/mol. The van der Waals surface area contributed by atoms with Crippen molar-refractivity contribution in [2.75, 3.05) is 14.1 Å². The number of amides is 1. The van der Waals surface area contributed by atoms with Gasteiger partial charge in [-0.05, 0) is 36.2 Å². The minimum atomic E-state index is -3.55. The maximum absolute atomic E-state index is 12.3.